The molecule has 1 heterocycles. The van der Waals surface area contributed by atoms with Crippen LogP contribution in [0.5, 0.6) is 0 Å². The second-order valence-electron chi connectivity index (χ2n) is 7.62. The minimum Gasteiger partial charge on any atom is -0.475 e. The number of ether oxygens (including phenoxy) is 1. The molecule has 0 bridgehead atoms. The van der Waals surface area contributed by atoms with Crippen LogP contribution in [-0.2, 0) is 17.1 Å². The van der Waals surface area contributed by atoms with E-state index in [0.29, 0.717) is 41.8 Å². The molecule has 4 nitrogen and oxygen atoms in total. The maximum atomic E-state index is 13.1. The van der Waals surface area contributed by atoms with Crippen molar-refractivity contribution >= 4 is 34.6 Å². The van der Waals surface area contributed by atoms with Crippen molar-refractivity contribution in [2.75, 3.05) is 17.2 Å². The molecule has 0 aromatic heterocycles. The lowest BCUT2D eigenvalue weighted by Gasteiger charge is -2.17. The predicted molar refractivity (Wildman–Crippen MR) is 118 cm³/mol. The lowest BCUT2D eigenvalue weighted by molar-refractivity contribution is -0.143. The van der Waals surface area contributed by atoms with Crippen LogP contribution < -0.4 is 10.6 Å². The summed E-state index contributed by atoms with van der Waals surface area (Å²) in [5, 5.41) is 5.03. The summed E-state index contributed by atoms with van der Waals surface area (Å²) in [5.41, 5.74) is -2.30. The number of benzene rings is 2. The molecule has 2 aromatic rings. The average molecular weight is 489 g/mol. The Hall–Kier alpha value is -2.82. The Balaban J connectivity index is 1.83. The van der Waals surface area contributed by atoms with Gasteiger partial charge in [0.2, 0.25) is 5.90 Å². The third-order valence-corrected chi connectivity index (χ3v) is 5.43. The number of anilines is 2. The summed E-state index contributed by atoms with van der Waals surface area (Å²) in [7, 11) is 0. The first-order chi connectivity index (χ1) is 15.4. The minimum absolute atomic E-state index is 0.00553. The Morgan fingerprint density at radius 1 is 1.06 bits per heavy atom. The summed E-state index contributed by atoms with van der Waals surface area (Å²) in [6, 6.07) is 8.01. The van der Waals surface area contributed by atoms with Crippen molar-refractivity contribution in [2.24, 2.45) is 10.9 Å². The van der Waals surface area contributed by atoms with Gasteiger partial charge in [0, 0.05) is 5.69 Å². The van der Waals surface area contributed by atoms with Gasteiger partial charge in [-0.25, -0.2) is 4.99 Å². The molecule has 2 N–H and O–H groups in total. The molecule has 0 spiro atoms. The normalized spacial score (nSPS) is 17.2. The number of rotatable bonds is 5. The van der Waals surface area contributed by atoms with Crippen LogP contribution in [0.3, 0.4) is 0 Å². The number of nitrogens with one attached hydrogen (secondary N) is 2. The van der Waals surface area contributed by atoms with Gasteiger partial charge < -0.3 is 15.4 Å². The van der Waals surface area contributed by atoms with Crippen molar-refractivity contribution in [1.82, 2.24) is 0 Å². The fourth-order valence-corrected chi connectivity index (χ4v) is 3.42. The minimum atomic E-state index is -4.95. The van der Waals surface area contributed by atoms with Gasteiger partial charge in [0.1, 0.15) is 6.61 Å². The predicted octanol–water partition coefficient (Wildman–Crippen LogP) is 6.72. The van der Waals surface area contributed by atoms with Crippen LogP contribution in [0.15, 0.2) is 47.5 Å². The number of halogens is 6. The molecule has 0 radical (unpaired) electrons. The van der Waals surface area contributed by atoms with E-state index in [9.17, 15) is 26.3 Å². The van der Waals surface area contributed by atoms with Gasteiger partial charge in [-0.3, -0.25) is 0 Å². The van der Waals surface area contributed by atoms with E-state index < -0.39 is 29.2 Å². The molecule has 3 rings (SSSR count). The summed E-state index contributed by atoms with van der Waals surface area (Å²) in [4.78, 5) is 4.60. The molecule has 11 heteroatoms. The SMILES string of the molecule is CCC(C)[C@H]1COC(c2ccccc2NC(=S)Nc2cc(C(F)(F)F)cc(C(F)(F)F)c2)=N1. The van der Waals surface area contributed by atoms with E-state index >= 15 is 0 Å². The molecule has 2 atom stereocenters. The molecule has 0 amide bonds. The first-order valence-electron chi connectivity index (χ1n) is 10.1. The zero-order valence-electron chi connectivity index (χ0n) is 17.6. The standard InChI is InChI=1S/C22H21F6N3OS/c1-3-12(2)18-11-32-19(30-18)16-6-4-5-7-17(16)31-20(33)29-15-9-13(21(23,24)25)8-14(10-15)22(26,27)28/h4-10,12,18H,3,11H2,1-2H3,(H2,29,31,33)/t12?,18-/m1/s1. The summed E-state index contributed by atoms with van der Waals surface area (Å²) >= 11 is 5.14. The van der Waals surface area contributed by atoms with Gasteiger partial charge in [-0.05, 0) is 48.5 Å². The number of thiocarbonyl (C=S) groups is 1. The van der Waals surface area contributed by atoms with E-state index in [1.54, 1.807) is 24.3 Å². The highest BCUT2D eigenvalue weighted by Crippen LogP contribution is 2.37. The highest BCUT2D eigenvalue weighted by molar-refractivity contribution is 7.80. The van der Waals surface area contributed by atoms with E-state index in [-0.39, 0.29) is 17.2 Å². The summed E-state index contributed by atoms with van der Waals surface area (Å²) in [6.45, 7) is 4.54. The van der Waals surface area contributed by atoms with E-state index in [2.05, 4.69) is 29.5 Å². The Labute approximate surface area is 192 Å². The molecular weight excluding hydrogens is 468 g/mol. The van der Waals surface area contributed by atoms with Crippen molar-refractivity contribution in [2.45, 2.75) is 38.7 Å². The Morgan fingerprint density at radius 2 is 1.67 bits per heavy atom. The van der Waals surface area contributed by atoms with Gasteiger partial charge in [0.15, 0.2) is 5.11 Å². The molecule has 33 heavy (non-hydrogen) atoms. The Kier molecular flexibility index (Phi) is 7.20. The van der Waals surface area contributed by atoms with Crippen LogP contribution in [-0.4, -0.2) is 23.7 Å². The van der Waals surface area contributed by atoms with Gasteiger partial charge in [0.25, 0.3) is 0 Å². The van der Waals surface area contributed by atoms with Gasteiger partial charge in [-0.15, -0.1) is 0 Å². The third-order valence-electron chi connectivity index (χ3n) is 5.23. The average Bonchev–Trinajstić information content (AvgIpc) is 3.22. The van der Waals surface area contributed by atoms with Gasteiger partial charge >= 0.3 is 12.4 Å². The number of aliphatic imine (C=N–C) groups is 1. The number of alkyl halides is 6. The fraction of sp³-hybridized carbons (Fsp3) is 0.364. The van der Waals surface area contributed by atoms with Crippen molar-refractivity contribution in [3.8, 4) is 0 Å². The quantitative estimate of drug-likeness (QED) is 0.361. The molecule has 1 unspecified atom stereocenters. The summed E-state index contributed by atoms with van der Waals surface area (Å²) < 4.78 is 84.3. The molecule has 1 aliphatic rings. The Morgan fingerprint density at radius 3 is 2.24 bits per heavy atom. The maximum absolute atomic E-state index is 13.1. The molecular formula is C22H21F6N3OS. The molecule has 1 aliphatic heterocycles. The molecule has 178 valence electrons. The highest BCUT2D eigenvalue weighted by atomic mass is 32.1. The van der Waals surface area contributed by atoms with Crippen LogP contribution in [0, 0.1) is 5.92 Å². The maximum Gasteiger partial charge on any atom is 0.416 e. The van der Waals surface area contributed by atoms with Crippen LogP contribution in [0.1, 0.15) is 37.0 Å². The van der Waals surface area contributed by atoms with Gasteiger partial charge in [0.05, 0.1) is 28.4 Å². The van der Waals surface area contributed by atoms with Crippen molar-refractivity contribution in [1.29, 1.82) is 0 Å². The van der Waals surface area contributed by atoms with Crippen molar-refractivity contribution < 1.29 is 31.1 Å². The highest BCUT2D eigenvalue weighted by Gasteiger charge is 2.37. The van der Waals surface area contributed by atoms with Crippen LogP contribution in [0.4, 0.5) is 37.7 Å². The second-order valence-corrected chi connectivity index (χ2v) is 8.03. The topological polar surface area (TPSA) is 45.6 Å². The lowest BCUT2D eigenvalue weighted by atomic mass is 10.0. The van der Waals surface area contributed by atoms with E-state index in [1.807, 2.05) is 0 Å². The summed E-state index contributed by atoms with van der Waals surface area (Å²) in [5.74, 6) is 0.707. The van der Waals surface area contributed by atoms with E-state index in [1.165, 1.54) is 0 Å². The van der Waals surface area contributed by atoms with Crippen molar-refractivity contribution in [3.63, 3.8) is 0 Å². The second kappa shape index (κ2) is 9.58. The number of nitrogens with zero attached hydrogens (tertiary/aromatic N) is 1. The molecule has 2 aromatic carbocycles. The lowest BCUT2D eigenvalue weighted by Crippen LogP contribution is -2.22. The zero-order chi connectivity index (χ0) is 24.4. The van der Waals surface area contributed by atoms with E-state index in [4.69, 9.17) is 17.0 Å². The van der Waals surface area contributed by atoms with Crippen LogP contribution in [0.25, 0.3) is 0 Å². The monoisotopic (exact) mass is 489 g/mol. The number of para-hydroxylation sites is 1. The summed E-state index contributed by atoms with van der Waals surface area (Å²) in [6.07, 6.45) is -8.98. The van der Waals surface area contributed by atoms with Gasteiger partial charge in [-0.2, -0.15) is 26.3 Å². The Bertz CT molecular complexity index is 1020. The third kappa shape index (κ3) is 6.16. The van der Waals surface area contributed by atoms with E-state index in [0.717, 1.165) is 6.42 Å². The van der Waals surface area contributed by atoms with Crippen LogP contribution in [0.2, 0.25) is 0 Å². The number of hydrogen-bond acceptors (Lipinski definition) is 3. The molecule has 0 saturated carbocycles. The zero-order valence-corrected chi connectivity index (χ0v) is 18.5. The largest absolute Gasteiger partial charge is 0.475 e. The van der Waals surface area contributed by atoms with Gasteiger partial charge in [-0.1, -0.05) is 32.4 Å². The molecule has 0 aliphatic carbocycles. The smallest absolute Gasteiger partial charge is 0.416 e. The molecule has 0 fully saturated rings. The fourth-order valence-electron chi connectivity index (χ4n) is 3.19. The van der Waals surface area contributed by atoms with Crippen LogP contribution >= 0.6 is 12.2 Å². The first-order valence-corrected chi connectivity index (χ1v) is 10.5. The van der Waals surface area contributed by atoms with Crippen molar-refractivity contribution in [3.05, 3.63) is 59.2 Å². The molecule has 0 saturated heterocycles. The number of hydrogen-bond donors (Lipinski definition) is 2. The first kappa shape index (κ1) is 24.8.